The molecule has 0 amide bonds. The first-order valence-corrected chi connectivity index (χ1v) is 17.7. The average molecular weight is 577 g/mol. The predicted octanol–water partition coefficient (Wildman–Crippen LogP) is 12.2. The van der Waals surface area contributed by atoms with Crippen LogP contribution < -0.4 is 0 Å². The Hall–Kier alpha value is -1.58. The van der Waals surface area contributed by atoms with E-state index in [1.54, 1.807) is 5.57 Å². The van der Waals surface area contributed by atoms with E-state index in [0.717, 1.165) is 50.9 Å². The number of carboxylic acids is 2. The molecule has 0 heterocycles. The molecule has 0 spiro atoms. The number of hydrogen-bond acceptors (Lipinski definition) is 2. The molecule has 0 aromatic carbocycles. The van der Waals surface area contributed by atoms with Crippen LogP contribution in [0.2, 0.25) is 0 Å². The summed E-state index contributed by atoms with van der Waals surface area (Å²) in [6, 6.07) is 0. The second-order valence-corrected chi connectivity index (χ2v) is 12.5. The lowest BCUT2D eigenvalue weighted by Crippen LogP contribution is -2.06. The van der Waals surface area contributed by atoms with Crippen LogP contribution in [0, 0.1) is 5.92 Å². The molecular weight excluding hydrogens is 508 g/mol. The van der Waals surface area contributed by atoms with E-state index in [9.17, 15) is 9.59 Å². The molecule has 41 heavy (non-hydrogen) atoms. The lowest BCUT2D eigenvalue weighted by molar-refractivity contribution is -0.138. The summed E-state index contributed by atoms with van der Waals surface area (Å²) in [4.78, 5) is 21.3. The number of allylic oxidation sites excluding steroid dienone is 4. The maximum absolute atomic E-state index is 10.6. The Morgan fingerprint density at radius 1 is 0.512 bits per heavy atom. The summed E-state index contributed by atoms with van der Waals surface area (Å²) < 4.78 is 0. The van der Waals surface area contributed by atoms with Crippen LogP contribution in [0.4, 0.5) is 0 Å². The third-order valence-electron chi connectivity index (χ3n) is 8.50. The molecule has 0 aromatic rings. The maximum Gasteiger partial charge on any atom is 0.303 e. The molecule has 1 unspecified atom stereocenters. The molecule has 0 bridgehead atoms. The summed E-state index contributed by atoms with van der Waals surface area (Å²) in [7, 11) is 0. The zero-order valence-electron chi connectivity index (χ0n) is 27.5. The summed E-state index contributed by atoms with van der Waals surface area (Å²) in [5, 5.41) is 17.5. The van der Waals surface area contributed by atoms with Crippen LogP contribution in [0.1, 0.15) is 194 Å². The minimum absolute atomic E-state index is 0.309. The Morgan fingerprint density at radius 2 is 0.902 bits per heavy atom. The molecule has 0 saturated carbocycles. The van der Waals surface area contributed by atoms with Crippen LogP contribution in [0.15, 0.2) is 23.3 Å². The Balaban J connectivity index is 4.73. The highest BCUT2D eigenvalue weighted by Crippen LogP contribution is 2.30. The van der Waals surface area contributed by atoms with Gasteiger partial charge in [-0.3, -0.25) is 9.59 Å². The van der Waals surface area contributed by atoms with Crippen LogP contribution in [0.25, 0.3) is 0 Å². The normalized spacial score (nSPS) is 13.0. The van der Waals surface area contributed by atoms with Gasteiger partial charge in [-0.05, 0) is 70.6 Å². The molecule has 4 heteroatoms. The van der Waals surface area contributed by atoms with Gasteiger partial charge in [-0.2, -0.15) is 0 Å². The van der Waals surface area contributed by atoms with Gasteiger partial charge in [0.1, 0.15) is 0 Å². The molecule has 2 N–H and O–H groups in total. The van der Waals surface area contributed by atoms with Crippen LogP contribution >= 0.6 is 0 Å². The second-order valence-electron chi connectivity index (χ2n) is 12.5. The standard InChI is InChI=1S/C37H68O4/c1-4-6-8-20-28-34(29-21-15-11-9-10-12-16-22-31-36(38)39)35(27-18-7-5-2)30-24-26-33(3)25-19-14-13-17-23-32-37(40)41/h26,30,34H,4-25,27-29,31-32H2,1-3H3,(H,38,39)(H,40,41)/b33-26+,35-30+. The van der Waals surface area contributed by atoms with Crippen molar-refractivity contribution in [3.05, 3.63) is 23.3 Å². The lowest BCUT2D eigenvalue weighted by atomic mass is 9.84. The number of hydrogen-bond donors (Lipinski definition) is 2. The van der Waals surface area contributed by atoms with Crippen molar-refractivity contribution in [2.45, 2.75) is 194 Å². The molecule has 0 aliphatic heterocycles. The van der Waals surface area contributed by atoms with Crippen molar-refractivity contribution in [1.29, 1.82) is 0 Å². The van der Waals surface area contributed by atoms with Crippen molar-refractivity contribution in [3.63, 3.8) is 0 Å². The summed E-state index contributed by atoms with van der Waals surface area (Å²) in [6.07, 6.45) is 36.2. The third kappa shape index (κ3) is 28.3. The zero-order valence-corrected chi connectivity index (χ0v) is 27.5. The van der Waals surface area contributed by atoms with E-state index >= 15 is 0 Å². The van der Waals surface area contributed by atoms with E-state index in [1.165, 1.54) is 121 Å². The molecule has 0 aromatic heterocycles. The highest BCUT2D eigenvalue weighted by atomic mass is 16.4. The van der Waals surface area contributed by atoms with Gasteiger partial charge in [-0.15, -0.1) is 0 Å². The van der Waals surface area contributed by atoms with Crippen LogP contribution in [0.3, 0.4) is 0 Å². The first-order valence-electron chi connectivity index (χ1n) is 17.7. The fraction of sp³-hybridized carbons (Fsp3) is 0.838. The lowest BCUT2D eigenvalue weighted by Gasteiger charge is -2.21. The first-order chi connectivity index (χ1) is 19.9. The molecule has 0 radical (unpaired) electrons. The molecule has 0 rings (SSSR count). The number of carbonyl (C=O) groups is 2. The SMILES string of the molecule is CCCCCCC(CCCCCCCCCCC(=O)O)/C(=C/C/C=C(\C)CCCCCCCC(=O)O)CCCCC. The average Bonchev–Trinajstić information content (AvgIpc) is 2.93. The van der Waals surface area contributed by atoms with E-state index in [4.69, 9.17) is 10.2 Å². The van der Waals surface area contributed by atoms with Crippen molar-refractivity contribution in [1.82, 2.24) is 0 Å². The van der Waals surface area contributed by atoms with Gasteiger partial charge in [-0.25, -0.2) is 0 Å². The second kappa shape index (κ2) is 29.9. The fourth-order valence-electron chi connectivity index (χ4n) is 5.84. The number of rotatable bonds is 31. The molecule has 0 saturated heterocycles. The van der Waals surface area contributed by atoms with E-state index in [2.05, 4.69) is 32.9 Å². The molecule has 0 fully saturated rings. The highest BCUT2D eigenvalue weighted by molar-refractivity contribution is 5.66. The monoisotopic (exact) mass is 577 g/mol. The van der Waals surface area contributed by atoms with Gasteiger partial charge < -0.3 is 10.2 Å². The van der Waals surface area contributed by atoms with E-state index in [1.807, 2.05) is 0 Å². The van der Waals surface area contributed by atoms with Gasteiger partial charge in [0.2, 0.25) is 0 Å². The smallest absolute Gasteiger partial charge is 0.303 e. The van der Waals surface area contributed by atoms with Crippen molar-refractivity contribution in [2.24, 2.45) is 5.92 Å². The van der Waals surface area contributed by atoms with Crippen LogP contribution in [-0.4, -0.2) is 22.2 Å². The molecule has 0 aliphatic rings. The van der Waals surface area contributed by atoms with Crippen LogP contribution in [-0.2, 0) is 9.59 Å². The molecule has 0 aliphatic carbocycles. The minimum Gasteiger partial charge on any atom is -0.481 e. The van der Waals surface area contributed by atoms with Gasteiger partial charge in [0, 0.05) is 12.8 Å². The fourth-order valence-corrected chi connectivity index (χ4v) is 5.84. The highest BCUT2D eigenvalue weighted by Gasteiger charge is 2.14. The quantitative estimate of drug-likeness (QED) is 0.0635. The molecule has 1 atom stereocenters. The number of unbranched alkanes of at least 4 members (excludes halogenated alkanes) is 16. The predicted molar refractivity (Wildman–Crippen MR) is 177 cm³/mol. The summed E-state index contributed by atoms with van der Waals surface area (Å²) >= 11 is 0. The summed E-state index contributed by atoms with van der Waals surface area (Å²) in [5.74, 6) is -0.589. The molecule has 4 nitrogen and oxygen atoms in total. The maximum atomic E-state index is 10.6. The van der Waals surface area contributed by atoms with E-state index < -0.39 is 11.9 Å². The van der Waals surface area contributed by atoms with Crippen molar-refractivity contribution >= 4 is 11.9 Å². The van der Waals surface area contributed by atoms with Crippen molar-refractivity contribution in [2.75, 3.05) is 0 Å². The molecule has 240 valence electrons. The summed E-state index contributed by atoms with van der Waals surface area (Å²) in [5.41, 5.74) is 3.23. The van der Waals surface area contributed by atoms with E-state index in [-0.39, 0.29) is 0 Å². The Bertz CT molecular complexity index is 678. The largest absolute Gasteiger partial charge is 0.481 e. The molecular formula is C37H68O4. The van der Waals surface area contributed by atoms with Gasteiger partial charge in [0.05, 0.1) is 0 Å². The van der Waals surface area contributed by atoms with Gasteiger partial charge in [0.25, 0.3) is 0 Å². The zero-order chi connectivity index (χ0) is 30.4. The van der Waals surface area contributed by atoms with Crippen LogP contribution in [0.5, 0.6) is 0 Å². The van der Waals surface area contributed by atoms with Crippen molar-refractivity contribution in [3.8, 4) is 0 Å². The van der Waals surface area contributed by atoms with Crippen molar-refractivity contribution < 1.29 is 19.8 Å². The van der Waals surface area contributed by atoms with Gasteiger partial charge in [-0.1, -0.05) is 140 Å². The Labute approximate surface area is 254 Å². The minimum atomic E-state index is -0.674. The Morgan fingerprint density at radius 3 is 1.39 bits per heavy atom. The number of carboxylic acid groups (broad SMARTS) is 2. The summed E-state index contributed by atoms with van der Waals surface area (Å²) in [6.45, 7) is 6.88. The number of aliphatic carboxylic acids is 2. The van der Waals surface area contributed by atoms with Gasteiger partial charge >= 0.3 is 11.9 Å². The van der Waals surface area contributed by atoms with E-state index in [0.29, 0.717) is 12.8 Å². The Kier molecular flexibility index (Phi) is 28.7. The first kappa shape index (κ1) is 39.4. The van der Waals surface area contributed by atoms with Gasteiger partial charge in [0.15, 0.2) is 0 Å². The topological polar surface area (TPSA) is 74.6 Å². The third-order valence-corrected chi connectivity index (χ3v) is 8.50.